The Bertz CT molecular complexity index is 2560. The Morgan fingerprint density at radius 2 is 1.08 bits per heavy atom. The molecule has 66 heavy (non-hydrogen) atoms. The molecule has 4 aromatic heterocycles. The van der Waals surface area contributed by atoms with Gasteiger partial charge in [0.1, 0.15) is 11.4 Å². The van der Waals surface area contributed by atoms with Gasteiger partial charge >= 0.3 is 11.9 Å². The van der Waals surface area contributed by atoms with Crippen molar-refractivity contribution in [2.45, 2.75) is 110 Å². The summed E-state index contributed by atoms with van der Waals surface area (Å²) in [4.78, 5) is 58.1. The second-order valence-electron chi connectivity index (χ2n) is 17.3. The molecule has 348 valence electrons. The summed E-state index contributed by atoms with van der Waals surface area (Å²) >= 11 is 3.75. The van der Waals surface area contributed by atoms with Crippen molar-refractivity contribution in [1.82, 2.24) is 20.6 Å². The monoisotopic (exact) mass is 930 g/mol. The third kappa shape index (κ3) is 12.5. The van der Waals surface area contributed by atoms with E-state index in [1.807, 2.05) is 34.8 Å². The van der Waals surface area contributed by atoms with Crippen molar-refractivity contribution < 1.29 is 29.0 Å². The van der Waals surface area contributed by atoms with Gasteiger partial charge in [0, 0.05) is 32.2 Å². The number of aromatic nitrogens is 2. The molecule has 0 saturated heterocycles. The summed E-state index contributed by atoms with van der Waals surface area (Å²) in [6.45, 7) is 6.86. The number of pyridine rings is 2. The lowest BCUT2D eigenvalue weighted by Gasteiger charge is -2.31. The number of amides is 2. The predicted octanol–water partition coefficient (Wildman–Crippen LogP) is 11.6. The lowest BCUT2D eigenvalue weighted by molar-refractivity contribution is -0.143. The number of nitrogens with zero attached hydrogens (tertiary/aromatic N) is 2. The number of hydrogen-bond donors (Lipinski definition) is 5. The molecule has 0 bridgehead atoms. The Labute approximate surface area is 395 Å². The van der Waals surface area contributed by atoms with Gasteiger partial charge in [-0.1, -0.05) is 74.9 Å². The number of anilines is 2. The number of nitrogens with one attached hydrogen (secondary N) is 4. The summed E-state index contributed by atoms with van der Waals surface area (Å²) in [5.74, 6) is -0.772. The standard InChI is InChI=1S/C27H33N3O3S.C25H29N3O3S/c1-3-33-24(31)15-16-28-27(32)22-14-13-20(17-29-22)30-25(19-9-5-4-6-10-19)26-18(2)21-11-7-8-12-23(21)34-26;1-16-19-9-5-6-10-21(19)32-24(16)23(17-7-3-2-4-8-17)28-18-11-12-20(27-15-18)25(31)26-14-13-22(29)30/h7-8,11-14,17,19,25,30H,3-6,9-10,15-16H2,1-2H3,(H,28,32);5-6,9-12,15,17,23,28H,2-4,7-8,13-14H2,1H3,(H,26,31)(H,29,30). The van der Waals surface area contributed by atoms with Crippen molar-refractivity contribution in [3.8, 4) is 0 Å². The number of carbonyl (C=O) groups is 4. The van der Waals surface area contributed by atoms with Crippen LogP contribution in [-0.4, -0.2) is 58.5 Å². The highest BCUT2D eigenvalue weighted by Crippen LogP contribution is 2.45. The first kappa shape index (κ1) is 48.1. The zero-order valence-electron chi connectivity index (χ0n) is 38.2. The summed E-state index contributed by atoms with van der Waals surface area (Å²) in [7, 11) is 0. The number of carboxylic acid groups (broad SMARTS) is 1. The molecule has 6 aromatic rings. The number of hydrogen-bond acceptors (Lipinski definition) is 11. The largest absolute Gasteiger partial charge is 0.481 e. The van der Waals surface area contributed by atoms with E-state index in [1.165, 1.54) is 105 Å². The van der Waals surface area contributed by atoms with Crippen LogP contribution in [0.25, 0.3) is 20.2 Å². The molecule has 2 saturated carbocycles. The van der Waals surface area contributed by atoms with Crippen LogP contribution in [0.1, 0.15) is 138 Å². The van der Waals surface area contributed by atoms with Gasteiger partial charge in [-0.15, -0.1) is 22.7 Å². The van der Waals surface area contributed by atoms with Crippen molar-refractivity contribution in [3.05, 3.63) is 117 Å². The molecule has 2 atom stereocenters. The Balaban J connectivity index is 0.000000197. The molecule has 2 fully saturated rings. The second-order valence-corrected chi connectivity index (χ2v) is 19.5. The molecular formula is C52H62N6O6S2. The SMILES string of the molecule is CCOC(=O)CCNC(=O)c1ccc(NC(c2sc3ccccc3c2C)C2CCCCC2)cn1.Cc1c(C(Nc2ccc(C(=O)NCCC(=O)O)nc2)C2CCCCC2)sc2ccccc12. The quantitative estimate of drug-likeness (QED) is 0.0554. The topological polar surface area (TPSA) is 172 Å². The molecule has 2 aliphatic carbocycles. The van der Waals surface area contributed by atoms with Crippen LogP contribution < -0.4 is 21.3 Å². The van der Waals surface area contributed by atoms with Gasteiger partial charge in [-0.25, -0.2) is 9.97 Å². The van der Waals surface area contributed by atoms with Gasteiger partial charge in [0.05, 0.1) is 55.3 Å². The molecule has 2 aromatic carbocycles. The Morgan fingerprint density at radius 1 is 0.636 bits per heavy atom. The van der Waals surface area contributed by atoms with Crippen molar-refractivity contribution >= 4 is 78.0 Å². The fourth-order valence-electron chi connectivity index (χ4n) is 9.27. The Morgan fingerprint density at radius 3 is 1.47 bits per heavy atom. The Kier molecular flexibility index (Phi) is 17.2. The number of carboxylic acids is 1. The zero-order chi connectivity index (χ0) is 46.4. The van der Waals surface area contributed by atoms with Crippen LogP contribution in [0.2, 0.25) is 0 Å². The van der Waals surface area contributed by atoms with Gasteiger partial charge in [0.25, 0.3) is 11.8 Å². The number of thiophene rings is 2. The van der Waals surface area contributed by atoms with Crippen LogP contribution in [0.15, 0.2) is 85.2 Å². The first-order valence-corrected chi connectivity index (χ1v) is 25.1. The van der Waals surface area contributed by atoms with Gasteiger partial charge in [-0.3, -0.25) is 19.2 Å². The molecule has 0 spiro atoms. The molecule has 14 heteroatoms. The van der Waals surface area contributed by atoms with E-state index in [-0.39, 0.29) is 61.5 Å². The number of ether oxygens (including phenoxy) is 1. The number of aryl methyl sites for hydroxylation is 2. The van der Waals surface area contributed by atoms with E-state index in [4.69, 9.17) is 9.84 Å². The fourth-order valence-corrected chi connectivity index (χ4v) is 12.0. The van der Waals surface area contributed by atoms with E-state index >= 15 is 0 Å². The minimum absolute atomic E-state index is 0.0881. The highest BCUT2D eigenvalue weighted by Gasteiger charge is 2.30. The van der Waals surface area contributed by atoms with Crippen LogP contribution in [-0.2, 0) is 14.3 Å². The van der Waals surface area contributed by atoms with E-state index in [0.717, 1.165) is 11.4 Å². The van der Waals surface area contributed by atoms with Crippen LogP contribution in [0.3, 0.4) is 0 Å². The molecule has 12 nitrogen and oxygen atoms in total. The molecule has 2 aliphatic rings. The summed E-state index contributed by atoms with van der Waals surface area (Å²) in [6.07, 6.45) is 16.0. The molecule has 2 unspecified atom stereocenters. The second kappa shape index (κ2) is 23.5. The first-order chi connectivity index (χ1) is 32.1. The van der Waals surface area contributed by atoms with E-state index in [0.29, 0.717) is 24.1 Å². The first-order valence-electron chi connectivity index (χ1n) is 23.4. The summed E-state index contributed by atoms with van der Waals surface area (Å²) < 4.78 is 7.52. The number of carbonyl (C=O) groups excluding carboxylic acids is 3. The molecule has 8 rings (SSSR count). The van der Waals surface area contributed by atoms with Gasteiger partial charge in [-0.05, 0) is 117 Å². The van der Waals surface area contributed by atoms with E-state index in [9.17, 15) is 19.2 Å². The summed E-state index contributed by atoms with van der Waals surface area (Å²) in [5, 5.41) is 24.2. The van der Waals surface area contributed by atoms with Crippen LogP contribution in [0, 0.1) is 25.7 Å². The molecular weight excluding hydrogens is 869 g/mol. The average molecular weight is 931 g/mol. The lowest BCUT2D eigenvalue weighted by atomic mass is 9.82. The Hall–Kier alpha value is -5.86. The van der Waals surface area contributed by atoms with Gasteiger partial charge in [-0.2, -0.15) is 0 Å². The van der Waals surface area contributed by atoms with E-state index < -0.39 is 5.97 Å². The lowest BCUT2D eigenvalue weighted by Crippen LogP contribution is -2.27. The third-order valence-electron chi connectivity index (χ3n) is 12.7. The van der Waals surface area contributed by atoms with E-state index in [1.54, 1.807) is 31.5 Å². The van der Waals surface area contributed by atoms with E-state index in [2.05, 4.69) is 93.6 Å². The molecule has 5 N–H and O–H groups in total. The van der Waals surface area contributed by atoms with Crippen molar-refractivity contribution in [2.24, 2.45) is 11.8 Å². The van der Waals surface area contributed by atoms with Crippen LogP contribution in [0.4, 0.5) is 11.4 Å². The van der Waals surface area contributed by atoms with Crippen molar-refractivity contribution in [3.63, 3.8) is 0 Å². The number of benzene rings is 2. The number of aliphatic carboxylic acids is 1. The van der Waals surface area contributed by atoms with Crippen LogP contribution in [0.5, 0.6) is 0 Å². The number of fused-ring (bicyclic) bond motifs is 2. The maximum absolute atomic E-state index is 12.4. The maximum atomic E-state index is 12.4. The smallest absolute Gasteiger partial charge is 0.307 e. The minimum atomic E-state index is -0.942. The van der Waals surface area contributed by atoms with Crippen molar-refractivity contribution in [2.75, 3.05) is 30.3 Å². The maximum Gasteiger partial charge on any atom is 0.307 e. The predicted molar refractivity (Wildman–Crippen MR) is 266 cm³/mol. The minimum Gasteiger partial charge on any atom is -0.481 e. The zero-order valence-corrected chi connectivity index (χ0v) is 39.8. The van der Waals surface area contributed by atoms with Crippen molar-refractivity contribution in [1.29, 1.82) is 0 Å². The van der Waals surface area contributed by atoms with Gasteiger partial charge in [0.15, 0.2) is 0 Å². The molecule has 0 radical (unpaired) electrons. The highest BCUT2D eigenvalue weighted by molar-refractivity contribution is 7.19. The van der Waals surface area contributed by atoms with Crippen LogP contribution >= 0.6 is 22.7 Å². The molecule has 0 aliphatic heterocycles. The highest BCUT2D eigenvalue weighted by atomic mass is 32.1. The van der Waals surface area contributed by atoms with Gasteiger partial charge in [0.2, 0.25) is 0 Å². The fraction of sp³-hybridized carbons (Fsp3) is 0.423. The number of rotatable bonds is 17. The summed E-state index contributed by atoms with van der Waals surface area (Å²) in [6, 6.07) is 24.9. The average Bonchev–Trinajstić information content (AvgIpc) is 3.86. The number of esters is 1. The third-order valence-corrected chi connectivity index (χ3v) is 15.5. The molecule has 2 amide bonds. The normalized spacial score (nSPS) is 15.3. The molecule has 4 heterocycles. The summed E-state index contributed by atoms with van der Waals surface area (Å²) in [5.41, 5.74) is 5.12. The van der Waals surface area contributed by atoms with Gasteiger partial charge < -0.3 is 31.1 Å².